The van der Waals surface area contributed by atoms with Gasteiger partial charge in [-0.05, 0) is 35.7 Å². The number of hydrogen-bond donors (Lipinski definition) is 2. The van der Waals surface area contributed by atoms with E-state index in [1.165, 1.54) is 0 Å². The zero-order valence-electron chi connectivity index (χ0n) is 15.3. The molecule has 2 amide bonds. The Morgan fingerprint density at radius 2 is 1.81 bits per heavy atom. The van der Waals surface area contributed by atoms with Gasteiger partial charge in [0.2, 0.25) is 18.6 Å². The molecular formula is C20H22N2O5. The number of ether oxygens (including phenoxy) is 3. The Morgan fingerprint density at radius 1 is 1.07 bits per heavy atom. The molecule has 1 aliphatic heterocycles. The average molecular weight is 370 g/mol. The Morgan fingerprint density at radius 3 is 2.56 bits per heavy atom. The van der Waals surface area contributed by atoms with Gasteiger partial charge in [-0.1, -0.05) is 19.1 Å². The number of benzene rings is 2. The molecule has 0 spiro atoms. The van der Waals surface area contributed by atoms with Crippen molar-refractivity contribution >= 4 is 17.5 Å². The molecule has 0 saturated carbocycles. The smallest absolute Gasteiger partial charge is 0.243 e. The van der Waals surface area contributed by atoms with Crippen LogP contribution in [0.3, 0.4) is 0 Å². The normalized spacial score (nSPS) is 13.0. The lowest BCUT2D eigenvalue weighted by Gasteiger charge is -2.13. The number of methoxy groups -OCH3 is 1. The van der Waals surface area contributed by atoms with Crippen molar-refractivity contribution in [2.75, 3.05) is 25.8 Å². The van der Waals surface area contributed by atoms with Crippen molar-refractivity contribution in [2.24, 2.45) is 0 Å². The molecule has 142 valence electrons. The highest BCUT2D eigenvalue weighted by Gasteiger charge is 2.15. The lowest BCUT2D eigenvalue weighted by molar-refractivity contribution is -0.124. The van der Waals surface area contributed by atoms with Crippen molar-refractivity contribution in [3.05, 3.63) is 48.0 Å². The van der Waals surface area contributed by atoms with E-state index in [0.717, 1.165) is 11.3 Å². The number of rotatable bonds is 7. The Labute approximate surface area is 157 Å². The first-order chi connectivity index (χ1) is 13.0. The van der Waals surface area contributed by atoms with Crippen molar-refractivity contribution in [3.63, 3.8) is 0 Å². The van der Waals surface area contributed by atoms with E-state index in [-0.39, 0.29) is 31.1 Å². The van der Waals surface area contributed by atoms with Crippen LogP contribution < -0.4 is 24.8 Å². The van der Waals surface area contributed by atoms with Crippen LogP contribution in [0.1, 0.15) is 24.8 Å². The van der Waals surface area contributed by atoms with Crippen molar-refractivity contribution in [2.45, 2.75) is 19.3 Å². The molecule has 1 unspecified atom stereocenters. The van der Waals surface area contributed by atoms with E-state index >= 15 is 0 Å². The number of nitrogens with one attached hydrogen (secondary N) is 2. The summed E-state index contributed by atoms with van der Waals surface area (Å²) >= 11 is 0. The molecule has 7 heteroatoms. The van der Waals surface area contributed by atoms with Crippen LogP contribution in [0, 0.1) is 0 Å². The highest BCUT2D eigenvalue weighted by Crippen LogP contribution is 2.34. The van der Waals surface area contributed by atoms with Gasteiger partial charge in [0.05, 0.1) is 13.7 Å². The van der Waals surface area contributed by atoms with E-state index in [1.807, 2.05) is 31.2 Å². The highest BCUT2D eigenvalue weighted by molar-refractivity contribution is 5.94. The molecule has 27 heavy (non-hydrogen) atoms. The summed E-state index contributed by atoms with van der Waals surface area (Å²) in [4.78, 5) is 24.1. The molecular weight excluding hydrogens is 348 g/mol. The minimum Gasteiger partial charge on any atom is -0.497 e. The molecule has 0 bridgehead atoms. The molecule has 1 aliphatic rings. The van der Waals surface area contributed by atoms with E-state index in [9.17, 15) is 9.59 Å². The molecule has 0 fully saturated rings. The maximum absolute atomic E-state index is 12.1. The summed E-state index contributed by atoms with van der Waals surface area (Å²) in [7, 11) is 1.61. The first-order valence-corrected chi connectivity index (χ1v) is 8.65. The Hall–Kier alpha value is -3.22. The van der Waals surface area contributed by atoms with Crippen LogP contribution in [-0.2, 0) is 9.59 Å². The molecule has 7 nitrogen and oxygen atoms in total. The summed E-state index contributed by atoms with van der Waals surface area (Å²) in [6, 6.07) is 12.7. The summed E-state index contributed by atoms with van der Waals surface area (Å²) in [6.07, 6.45) is 0.295. The third-order valence-electron chi connectivity index (χ3n) is 4.28. The standard InChI is InChI=1S/C20H22N2O5/c1-13(14-3-6-16(25-2)7-4-14)9-19(23)21-11-20(24)22-15-5-8-17-18(10-15)27-12-26-17/h3-8,10,13H,9,11-12H2,1-2H3,(H,21,23)(H,22,24). The molecule has 3 rings (SSSR count). The van der Waals surface area contributed by atoms with Crippen LogP contribution in [0.5, 0.6) is 17.2 Å². The molecule has 1 heterocycles. The fraction of sp³-hybridized carbons (Fsp3) is 0.300. The van der Waals surface area contributed by atoms with Gasteiger partial charge in [-0.3, -0.25) is 9.59 Å². The number of carbonyl (C=O) groups excluding carboxylic acids is 2. The van der Waals surface area contributed by atoms with Crippen LogP contribution in [0.2, 0.25) is 0 Å². The second-order valence-corrected chi connectivity index (χ2v) is 6.27. The predicted molar refractivity (Wildman–Crippen MR) is 100 cm³/mol. The fourth-order valence-corrected chi connectivity index (χ4v) is 2.76. The third kappa shape index (κ3) is 4.91. The minimum absolute atomic E-state index is 0.0350. The van der Waals surface area contributed by atoms with Gasteiger partial charge in [0, 0.05) is 18.2 Å². The SMILES string of the molecule is COc1ccc(C(C)CC(=O)NCC(=O)Nc2ccc3c(c2)OCO3)cc1. The summed E-state index contributed by atoms with van der Waals surface area (Å²) in [5.41, 5.74) is 1.63. The van der Waals surface area contributed by atoms with Gasteiger partial charge in [-0.2, -0.15) is 0 Å². The minimum atomic E-state index is -0.306. The molecule has 1 atom stereocenters. The Balaban J connectivity index is 1.44. The molecule has 0 aliphatic carbocycles. The van der Waals surface area contributed by atoms with Crippen LogP contribution in [0.4, 0.5) is 5.69 Å². The maximum atomic E-state index is 12.1. The Kier molecular flexibility index (Phi) is 5.80. The van der Waals surface area contributed by atoms with Gasteiger partial charge < -0.3 is 24.8 Å². The molecule has 0 radical (unpaired) electrons. The lowest BCUT2D eigenvalue weighted by atomic mass is 9.97. The van der Waals surface area contributed by atoms with E-state index < -0.39 is 0 Å². The van der Waals surface area contributed by atoms with E-state index in [4.69, 9.17) is 14.2 Å². The summed E-state index contributed by atoms with van der Waals surface area (Å²) in [5.74, 6) is 1.56. The molecule has 0 saturated heterocycles. The lowest BCUT2D eigenvalue weighted by Crippen LogP contribution is -2.33. The van der Waals surface area contributed by atoms with Gasteiger partial charge in [-0.15, -0.1) is 0 Å². The van der Waals surface area contributed by atoms with E-state index in [2.05, 4.69) is 10.6 Å². The summed E-state index contributed by atoms with van der Waals surface area (Å²) in [5, 5.41) is 5.37. The van der Waals surface area contributed by atoms with Crippen molar-refractivity contribution in [3.8, 4) is 17.2 Å². The van der Waals surface area contributed by atoms with E-state index in [1.54, 1.807) is 25.3 Å². The molecule has 2 N–H and O–H groups in total. The quantitative estimate of drug-likeness (QED) is 0.783. The van der Waals surface area contributed by atoms with Crippen molar-refractivity contribution in [1.29, 1.82) is 0 Å². The van der Waals surface area contributed by atoms with Crippen LogP contribution >= 0.6 is 0 Å². The topological polar surface area (TPSA) is 85.9 Å². The fourth-order valence-electron chi connectivity index (χ4n) is 2.76. The Bertz CT molecular complexity index is 820. The zero-order chi connectivity index (χ0) is 19.2. The van der Waals surface area contributed by atoms with Crippen molar-refractivity contribution in [1.82, 2.24) is 5.32 Å². The highest BCUT2D eigenvalue weighted by atomic mass is 16.7. The third-order valence-corrected chi connectivity index (χ3v) is 4.28. The van der Waals surface area contributed by atoms with E-state index in [0.29, 0.717) is 23.6 Å². The number of hydrogen-bond acceptors (Lipinski definition) is 5. The van der Waals surface area contributed by atoms with Gasteiger partial charge >= 0.3 is 0 Å². The number of amides is 2. The number of anilines is 1. The van der Waals surface area contributed by atoms with Crippen molar-refractivity contribution < 1.29 is 23.8 Å². The van der Waals surface area contributed by atoms with Crippen LogP contribution in [-0.4, -0.2) is 32.3 Å². The molecule has 2 aromatic rings. The van der Waals surface area contributed by atoms with Gasteiger partial charge in [0.15, 0.2) is 11.5 Å². The average Bonchev–Trinajstić information content (AvgIpc) is 3.14. The molecule has 2 aromatic carbocycles. The summed E-state index contributed by atoms with van der Waals surface area (Å²) < 4.78 is 15.6. The predicted octanol–water partition coefficient (Wildman–Crippen LogP) is 2.67. The first-order valence-electron chi connectivity index (χ1n) is 8.65. The van der Waals surface area contributed by atoms with Gasteiger partial charge in [-0.25, -0.2) is 0 Å². The second kappa shape index (κ2) is 8.44. The van der Waals surface area contributed by atoms with Gasteiger partial charge in [0.25, 0.3) is 0 Å². The molecule has 0 aromatic heterocycles. The van der Waals surface area contributed by atoms with Gasteiger partial charge in [0.1, 0.15) is 5.75 Å². The number of carbonyl (C=O) groups is 2. The monoisotopic (exact) mass is 370 g/mol. The van der Waals surface area contributed by atoms with Crippen LogP contribution in [0.25, 0.3) is 0 Å². The second-order valence-electron chi connectivity index (χ2n) is 6.27. The number of fused-ring (bicyclic) bond motifs is 1. The zero-order valence-corrected chi connectivity index (χ0v) is 15.3. The van der Waals surface area contributed by atoms with Crippen LogP contribution in [0.15, 0.2) is 42.5 Å². The maximum Gasteiger partial charge on any atom is 0.243 e. The summed E-state index contributed by atoms with van der Waals surface area (Å²) in [6.45, 7) is 2.05. The largest absolute Gasteiger partial charge is 0.497 e. The first kappa shape index (κ1) is 18.6.